The van der Waals surface area contributed by atoms with E-state index in [2.05, 4.69) is 63.9 Å². The van der Waals surface area contributed by atoms with Crippen LogP contribution in [0.3, 0.4) is 0 Å². The van der Waals surface area contributed by atoms with Crippen LogP contribution in [0.1, 0.15) is 18.1 Å². The van der Waals surface area contributed by atoms with Gasteiger partial charge in [0.05, 0.1) is 9.50 Å². The molecule has 0 aliphatic rings. The minimum atomic E-state index is 0.641. The second kappa shape index (κ2) is 6.40. The topological polar surface area (TPSA) is 16.1 Å². The summed E-state index contributed by atoms with van der Waals surface area (Å²) in [6.45, 7) is 5.99. The maximum absolute atomic E-state index is 5.94. The maximum Gasteiger partial charge on any atom is 0.143 e. The molecule has 0 radical (unpaired) electrons. The molecule has 19 heavy (non-hydrogen) atoms. The van der Waals surface area contributed by atoms with Gasteiger partial charge >= 0.3 is 0 Å². The Labute approximate surface area is 127 Å². The third kappa shape index (κ3) is 3.48. The molecule has 4 heteroatoms. The number of rotatable bonds is 4. The average molecular weight is 340 g/mol. The van der Waals surface area contributed by atoms with Gasteiger partial charge in [0.1, 0.15) is 5.82 Å². The molecule has 0 fully saturated rings. The molecule has 2 rings (SSSR count). The Morgan fingerprint density at radius 1 is 1.32 bits per heavy atom. The highest BCUT2D eigenvalue weighted by Gasteiger charge is 2.12. The van der Waals surface area contributed by atoms with E-state index in [4.69, 9.17) is 11.6 Å². The summed E-state index contributed by atoms with van der Waals surface area (Å²) in [5.41, 5.74) is 2.61. The van der Waals surface area contributed by atoms with Gasteiger partial charge in [0, 0.05) is 19.3 Å². The van der Waals surface area contributed by atoms with Gasteiger partial charge in [-0.15, -0.1) is 0 Å². The first-order valence-electron chi connectivity index (χ1n) is 6.22. The van der Waals surface area contributed by atoms with Gasteiger partial charge < -0.3 is 4.90 Å². The first-order valence-corrected chi connectivity index (χ1v) is 7.39. The quantitative estimate of drug-likeness (QED) is 0.793. The van der Waals surface area contributed by atoms with Crippen molar-refractivity contribution in [3.8, 4) is 0 Å². The van der Waals surface area contributed by atoms with E-state index in [0.29, 0.717) is 5.02 Å². The first kappa shape index (κ1) is 14.4. The van der Waals surface area contributed by atoms with Gasteiger partial charge in [-0.25, -0.2) is 4.98 Å². The van der Waals surface area contributed by atoms with Crippen LogP contribution in [0.25, 0.3) is 0 Å². The standard InChI is InChI=1S/C15H16BrClN2/c1-3-19(10-12-7-5-4-6-11(12)2)15-14(16)8-13(17)9-18-15/h4-9H,3,10H2,1-2H3. The van der Waals surface area contributed by atoms with Crippen molar-refractivity contribution >= 4 is 33.3 Å². The van der Waals surface area contributed by atoms with Crippen molar-refractivity contribution in [2.45, 2.75) is 20.4 Å². The van der Waals surface area contributed by atoms with E-state index < -0.39 is 0 Å². The molecule has 2 aromatic rings. The zero-order chi connectivity index (χ0) is 13.8. The molecule has 0 aliphatic heterocycles. The number of halogens is 2. The van der Waals surface area contributed by atoms with Crippen LogP contribution in [0.4, 0.5) is 5.82 Å². The smallest absolute Gasteiger partial charge is 0.143 e. The Hall–Kier alpha value is -1.06. The summed E-state index contributed by atoms with van der Waals surface area (Å²) in [7, 11) is 0. The zero-order valence-electron chi connectivity index (χ0n) is 11.0. The third-order valence-electron chi connectivity index (χ3n) is 3.09. The Balaban J connectivity index is 2.28. The van der Waals surface area contributed by atoms with Gasteiger partial charge in [0.2, 0.25) is 0 Å². The number of hydrogen-bond acceptors (Lipinski definition) is 2. The lowest BCUT2D eigenvalue weighted by Crippen LogP contribution is -2.23. The lowest BCUT2D eigenvalue weighted by Gasteiger charge is -2.24. The van der Waals surface area contributed by atoms with Crippen LogP contribution in [0.5, 0.6) is 0 Å². The van der Waals surface area contributed by atoms with E-state index in [9.17, 15) is 0 Å². The number of pyridine rings is 1. The molecule has 0 saturated heterocycles. The average Bonchev–Trinajstić information content (AvgIpc) is 2.39. The summed E-state index contributed by atoms with van der Waals surface area (Å²) in [5, 5.41) is 0.641. The molecule has 0 N–H and O–H groups in total. The summed E-state index contributed by atoms with van der Waals surface area (Å²) in [4.78, 5) is 6.65. The number of benzene rings is 1. The fourth-order valence-electron chi connectivity index (χ4n) is 1.97. The summed E-state index contributed by atoms with van der Waals surface area (Å²) >= 11 is 9.47. The molecule has 100 valence electrons. The molecule has 1 heterocycles. The van der Waals surface area contributed by atoms with E-state index in [-0.39, 0.29) is 0 Å². The molecule has 0 bridgehead atoms. The second-order valence-electron chi connectivity index (χ2n) is 4.40. The van der Waals surface area contributed by atoms with Crippen LogP contribution in [-0.4, -0.2) is 11.5 Å². The van der Waals surface area contributed by atoms with Crippen molar-refractivity contribution in [3.05, 3.63) is 57.2 Å². The van der Waals surface area contributed by atoms with Gasteiger partial charge in [-0.05, 0) is 47.0 Å². The zero-order valence-corrected chi connectivity index (χ0v) is 13.4. The molecular formula is C15H16BrClN2. The largest absolute Gasteiger partial charge is 0.352 e. The van der Waals surface area contributed by atoms with E-state index in [1.54, 1.807) is 6.20 Å². The summed E-state index contributed by atoms with van der Waals surface area (Å²) in [6.07, 6.45) is 1.68. The Morgan fingerprint density at radius 3 is 2.68 bits per heavy atom. The highest BCUT2D eigenvalue weighted by molar-refractivity contribution is 9.10. The molecule has 0 aliphatic carbocycles. The van der Waals surface area contributed by atoms with Crippen molar-refractivity contribution in [2.75, 3.05) is 11.4 Å². The molecule has 0 spiro atoms. The fourth-order valence-corrected chi connectivity index (χ4v) is 2.86. The summed E-state index contributed by atoms with van der Waals surface area (Å²) < 4.78 is 0.926. The van der Waals surface area contributed by atoms with Crippen molar-refractivity contribution < 1.29 is 0 Å². The minimum absolute atomic E-state index is 0.641. The number of aromatic nitrogens is 1. The maximum atomic E-state index is 5.94. The SMILES string of the molecule is CCN(Cc1ccccc1C)c1ncc(Cl)cc1Br. The Bertz CT molecular complexity index is 572. The minimum Gasteiger partial charge on any atom is -0.352 e. The van der Waals surface area contributed by atoms with E-state index in [0.717, 1.165) is 23.4 Å². The highest BCUT2D eigenvalue weighted by Crippen LogP contribution is 2.27. The second-order valence-corrected chi connectivity index (χ2v) is 5.69. The number of nitrogens with zero attached hydrogens (tertiary/aromatic N) is 2. The van der Waals surface area contributed by atoms with Crippen LogP contribution in [0.15, 0.2) is 41.0 Å². The Morgan fingerprint density at radius 2 is 2.05 bits per heavy atom. The molecule has 2 nitrogen and oxygen atoms in total. The summed E-state index contributed by atoms with van der Waals surface area (Å²) in [6, 6.07) is 10.3. The van der Waals surface area contributed by atoms with Crippen LogP contribution in [0.2, 0.25) is 5.02 Å². The van der Waals surface area contributed by atoms with Crippen molar-refractivity contribution in [3.63, 3.8) is 0 Å². The fraction of sp³-hybridized carbons (Fsp3) is 0.267. The molecule has 0 atom stereocenters. The van der Waals surface area contributed by atoms with Crippen molar-refractivity contribution in [1.29, 1.82) is 0 Å². The lowest BCUT2D eigenvalue weighted by molar-refractivity contribution is 0.807. The van der Waals surface area contributed by atoms with E-state index in [1.807, 2.05) is 6.07 Å². The van der Waals surface area contributed by atoms with Crippen molar-refractivity contribution in [2.24, 2.45) is 0 Å². The van der Waals surface area contributed by atoms with Crippen LogP contribution >= 0.6 is 27.5 Å². The summed E-state index contributed by atoms with van der Waals surface area (Å²) in [5.74, 6) is 0.926. The molecule has 1 aromatic heterocycles. The van der Waals surface area contributed by atoms with E-state index >= 15 is 0 Å². The van der Waals surface area contributed by atoms with Gasteiger partial charge in [-0.1, -0.05) is 35.9 Å². The molecule has 0 saturated carbocycles. The lowest BCUT2D eigenvalue weighted by atomic mass is 10.1. The predicted molar refractivity (Wildman–Crippen MR) is 84.9 cm³/mol. The number of anilines is 1. The van der Waals surface area contributed by atoms with Gasteiger partial charge in [0.15, 0.2) is 0 Å². The van der Waals surface area contributed by atoms with Crippen LogP contribution < -0.4 is 4.90 Å². The molecule has 1 aromatic carbocycles. The first-order chi connectivity index (χ1) is 9.11. The Kier molecular flexibility index (Phi) is 4.83. The van der Waals surface area contributed by atoms with Gasteiger partial charge in [-0.3, -0.25) is 0 Å². The predicted octanol–water partition coefficient (Wildman–Crippen LogP) is 4.83. The highest BCUT2D eigenvalue weighted by atomic mass is 79.9. The van der Waals surface area contributed by atoms with Crippen LogP contribution in [0, 0.1) is 6.92 Å². The van der Waals surface area contributed by atoms with Crippen LogP contribution in [-0.2, 0) is 6.54 Å². The van der Waals surface area contributed by atoms with Crippen molar-refractivity contribution in [1.82, 2.24) is 4.98 Å². The number of hydrogen-bond donors (Lipinski definition) is 0. The molecular weight excluding hydrogens is 324 g/mol. The normalized spacial score (nSPS) is 10.5. The third-order valence-corrected chi connectivity index (χ3v) is 3.88. The van der Waals surface area contributed by atoms with Gasteiger partial charge in [-0.2, -0.15) is 0 Å². The molecule has 0 unspecified atom stereocenters. The van der Waals surface area contributed by atoms with E-state index in [1.165, 1.54) is 11.1 Å². The van der Waals surface area contributed by atoms with Gasteiger partial charge in [0.25, 0.3) is 0 Å². The molecule has 0 amide bonds. The monoisotopic (exact) mass is 338 g/mol. The number of aryl methyl sites for hydroxylation is 1.